The van der Waals surface area contributed by atoms with Crippen molar-refractivity contribution in [2.45, 2.75) is 6.42 Å². The number of benzene rings is 2. The maximum Gasteiger partial charge on any atom is 0.244 e. The number of hydrogen-bond donors (Lipinski definition) is 2. The molecule has 1 atom stereocenters. The number of amides is 1. The average molecular weight is 386 g/mol. The van der Waals surface area contributed by atoms with Gasteiger partial charge in [0.05, 0.1) is 12.9 Å². The first-order valence-corrected chi connectivity index (χ1v) is 10.5. The van der Waals surface area contributed by atoms with E-state index in [2.05, 4.69) is 10.0 Å². The van der Waals surface area contributed by atoms with Gasteiger partial charge in [0.2, 0.25) is 15.9 Å². The van der Waals surface area contributed by atoms with Crippen LogP contribution in [0.15, 0.2) is 54.6 Å². The van der Waals surface area contributed by atoms with Crippen molar-refractivity contribution in [2.75, 3.05) is 24.1 Å². The molecule has 1 heterocycles. The molecule has 0 fully saturated rings. The van der Waals surface area contributed by atoms with Crippen LogP contribution in [-0.2, 0) is 21.2 Å². The summed E-state index contributed by atoms with van der Waals surface area (Å²) in [5.74, 6) is 1.000. The average Bonchev–Trinajstić information content (AvgIpc) is 2.64. The van der Waals surface area contributed by atoms with Crippen LogP contribution in [-0.4, -0.2) is 33.7 Å². The second-order valence-electron chi connectivity index (χ2n) is 6.56. The van der Waals surface area contributed by atoms with E-state index in [-0.39, 0.29) is 11.8 Å². The zero-order valence-electron chi connectivity index (χ0n) is 15.0. The Morgan fingerprint density at radius 1 is 1.19 bits per heavy atom. The minimum atomic E-state index is -3.29. The van der Waals surface area contributed by atoms with E-state index in [1.165, 1.54) is 11.6 Å². The molecular formula is C20H22N2O4S. The first-order chi connectivity index (χ1) is 12.9. The van der Waals surface area contributed by atoms with Gasteiger partial charge in [0, 0.05) is 24.2 Å². The van der Waals surface area contributed by atoms with E-state index in [1.54, 1.807) is 30.3 Å². The van der Waals surface area contributed by atoms with Crippen LogP contribution in [0.25, 0.3) is 6.08 Å². The summed E-state index contributed by atoms with van der Waals surface area (Å²) in [5, 5.41) is 2.90. The standard InChI is InChI=1S/C20H22N2O4S/c1-27(24,25)22-18-9-6-15(7-10-18)8-11-20(23)21-13-16-12-17-4-2-3-5-19(17)26-14-16/h2-11,16,22H,12-14H2,1H3,(H,21,23)/b11-8+. The van der Waals surface area contributed by atoms with E-state index >= 15 is 0 Å². The van der Waals surface area contributed by atoms with E-state index in [0.29, 0.717) is 18.8 Å². The summed E-state index contributed by atoms with van der Waals surface area (Å²) in [7, 11) is -3.29. The van der Waals surface area contributed by atoms with Gasteiger partial charge in [-0.3, -0.25) is 9.52 Å². The van der Waals surface area contributed by atoms with Crippen molar-refractivity contribution in [3.63, 3.8) is 0 Å². The van der Waals surface area contributed by atoms with E-state index in [0.717, 1.165) is 24.0 Å². The SMILES string of the molecule is CS(=O)(=O)Nc1ccc(/C=C/C(=O)NCC2COc3ccccc3C2)cc1. The molecule has 2 aromatic carbocycles. The summed E-state index contributed by atoms with van der Waals surface area (Å²) in [6, 6.07) is 14.7. The summed E-state index contributed by atoms with van der Waals surface area (Å²) >= 11 is 0. The largest absolute Gasteiger partial charge is 0.493 e. The summed E-state index contributed by atoms with van der Waals surface area (Å²) in [6.07, 6.45) is 5.14. The fourth-order valence-corrected chi connectivity index (χ4v) is 3.44. The van der Waals surface area contributed by atoms with Gasteiger partial charge in [0.15, 0.2) is 0 Å². The molecule has 1 aliphatic rings. The minimum Gasteiger partial charge on any atom is -0.493 e. The Morgan fingerprint density at radius 3 is 2.67 bits per heavy atom. The number of carbonyl (C=O) groups excluding carboxylic acids is 1. The Kier molecular flexibility index (Phi) is 5.81. The van der Waals surface area contributed by atoms with Crippen LogP contribution in [0.2, 0.25) is 0 Å². The molecule has 7 heteroatoms. The Labute approximate surface area is 159 Å². The van der Waals surface area contributed by atoms with Gasteiger partial charge < -0.3 is 10.1 Å². The van der Waals surface area contributed by atoms with Crippen LogP contribution < -0.4 is 14.8 Å². The van der Waals surface area contributed by atoms with Gasteiger partial charge in [-0.2, -0.15) is 0 Å². The fourth-order valence-electron chi connectivity index (χ4n) is 2.87. The number of fused-ring (bicyclic) bond motifs is 1. The summed E-state index contributed by atoms with van der Waals surface area (Å²) in [4.78, 5) is 12.0. The smallest absolute Gasteiger partial charge is 0.244 e. The second kappa shape index (κ2) is 8.26. The first kappa shape index (κ1) is 19.0. The predicted octanol–water partition coefficient (Wildman–Crippen LogP) is 2.44. The quantitative estimate of drug-likeness (QED) is 0.747. The molecule has 0 aromatic heterocycles. The lowest BCUT2D eigenvalue weighted by Gasteiger charge is -2.25. The van der Waals surface area contributed by atoms with Crippen molar-refractivity contribution in [1.82, 2.24) is 5.32 Å². The first-order valence-electron chi connectivity index (χ1n) is 8.63. The second-order valence-corrected chi connectivity index (χ2v) is 8.31. The highest BCUT2D eigenvalue weighted by Gasteiger charge is 2.19. The monoisotopic (exact) mass is 386 g/mol. The zero-order valence-corrected chi connectivity index (χ0v) is 15.8. The molecule has 0 saturated carbocycles. The minimum absolute atomic E-state index is 0.174. The van der Waals surface area contributed by atoms with Gasteiger partial charge in [-0.1, -0.05) is 30.3 Å². The highest BCUT2D eigenvalue weighted by Crippen LogP contribution is 2.26. The molecule has 1 aliphatic heterocycles. The number of sulfonamides is 1. The van der Waals surface area contributed by atoms with Crippen molar-refractivity contribution in [2.24, 2.45) is 5.92 Å². The van der Waals surface area contributed by atoms with Crippen molar-refractivity contribution < 1.29 is 17.9 Å². The Morgan fingerprint density at radius 2 is 1.93 bits per heavy atom. The van der Waals surface area contributed by atoms with E-state index in [9.17, 15) is 13.2 Å². The van der Waals surface area contributed by atoms with Gasteiger partial charge in [0.25, 0.3) is 0 Å². The van der Waals surface area contributed by atoms with Crippen LogP contribution >= 0.6 is 0 Å². The number of hydrogen-bond acceptors (Lipinski definition) is 4. The van der Waals surface area contributed by atoms with Crippen molar-refractivity contribution >= 4 is 27.7 Å². The molecular weight excluding hydrogens is 364 g/mol. The number of ether oxygens (including phenoxy) is 1. The molecule has 3 rings (SSSR count). The van der Waals surface area contributed by atoms with Crippen molar-refractivity contribution in [1.29, 1.82) is 0 Å². The highest BCUT2D eigenvalue weighted by atomic mass is 32.2. The lowest BCUT2D eigenvalue weighted by atomic mass is 9.97. The molecule has 6 nitrogen and oxygen atoms in total. The summed E-state index contributed by atoms with van der Waals surface area (Å²) in [5.41, 5.74) is 2.46. The molecule has 27 heavy (non-hydrogen) atoms. The van der Waals surface area contributed by atoms with Crippen LogP contribution in [0.4, 0.5) is 5.69 Å². The lowest BCUT2D eigenvalue weighted by molar-refractivity contribution is -0.116. The molecule has 0 spiro atoms. The molecule has 0 saturated heterocycles. The zero-order chi connectivity index (χ0) is 19.3. The normalized spacial score (nSPS) is 16.4. The number of anilines is 1. The number of nitrogens with one attached hydrogen (secondary N) is 2. The molecule has 0 radical (unpaired) electrons. The van der Waals surface area contributed by atoms with Gasteiger partial charge in [0.1, 0.15) is 5.75 Å². The summed E-state index contributed by atoms with van der Waals surface area (Å²) in [6.45, 7) is 1.14. The lowest BCUT2D eigenvalue weighted by Crippen LogP contribution is -2.33. The van der Waals surface area contributed by atoms with Crippen LogP contribution in [0.1, 0.15) is 11.1 Å². The molecule has 0 bridgehead atoms. The van der Waals surface area contributed by atoms with Crippen molar-refractivity contribution in [3.05, 3.63) is 65.7 Å². The van der Waals surface area contributed by atoms with Gasteiger partial charge >= 0.3 is 0 Å². The number of carbonyl (C=O) groups is 1. The Balaban J connectivity index is 1.48. The summed E-state index contributed by atoms with van der Waals surface area (Å²) < 4.78 is 30.5. The molecule has 2 N–H and O–H groups in total. The van der Waals surface area contributed by atoms with E-state index in [4.69, 9.17) is 4.74 Å². The maximum atomic E-state index is 12.0. The number of para-hydroxylation sites is 1. The predicted molar refractivity (Wildman–Crippen MR) is 106 cm³/mol. The van der Waals surface area contributed by atoms with Crippen LogP contribution in [0.5, 0.6) is 5.75 Å². The molecule has 1 unspecified atom stereocenters. The third-order valence-corrected chi connectivity index (χ3v) is 4.77. The molecule has 142 valence electrons. The molecule has 0 aliphatic carbocycles. The van der Waals surface area contributed by atoms with Crippen molar-refractivity contribution in [3.8, 4) is 5.75 Å². The highest BCUT2D eigenvalue weighted by molar-refractivity contribution is 7.92. The molecule has 1 amide bonds. The third kappa shape index (κ3) is 5.86. The maximum absolute atomic E-state index is 12.0. The third-order valence-electron chi connectivity index (χ3n) is 4.16. The van der Waals surface area contributed by atoms with E-state index in [1.807, 2.05) is 24.3 Å². The van der Waals surface area contributed by atoms with Gasteiger partial charge in [-0.15, -0.1) is 0 Å². The fraction of sp³-hybridized carbons (Fsp3) is 0.250. The topological polar surface area (TPSA) is 84.5 Å². The van der Waals surface area contributed by atoms with Gasteiger partial charge in [-0.25, -0.2) is 8.42 Å². The van der Waals surface area contributed by atoms with Crippen LogP contribution in [0, 0.1) is 5.92 Å². The number of rotatable bonds is 6. The Bertz CT molecular complexity index is 937. The van der Waals surface area contributed by atoms with E-state index < -0.39 is 10.0 Å². The molecule has 2 aromatic rings. The van der Waals surface area contributed by atoms with Gasteiger partial charge in [-0.05, 0) is 41.8 Å². The van der Waals surface area contributed by atoms with Crippen LogP contribution in [0.3, 0.4) is 0 Å². The Hall–Kier alpha value is -2.80.